The third-order valence-corrected chi connectivity index (χ3v) is 3.45. The minimum Gasteiger partial charge on any atom is -0.469 e. The summed E-state index contributed by atoms with van der Waals surface area (Å²) in [6.07, 6.45) is 2.60. The zero-order chi connectivity index (χ0) is 16.2. The van der Waals surface area contributed by atoms with Crippen molar-refractivity contribution in [2.45, 2.75) is 38.7 Å². The molecule has 0 unspecified atom stereocenters. The number of carbonyl (C=O) groups excluding carboxylic acids is 2. The summed E-state index contributed by atoms with van der Waals surface area (Å²) in [6, 6.07) is 0. The second kappa shape index (κ2) is 11.3. The Balaban J connectivity index is 0.000000224. The molecule has 128 valence electrons. The molecule has 0 atom stereocenters. The lowest BCUT2D eigenvalue weighted by Gasteiger charge is -2.21. The summed E-state index contributed by atoms with van der Waals surface area (Å²) in [7, 11) is 1.43. The first-order valence-corrected chi connectivity index (χ1v) is 7.74. The molecule has 0 amide bonds. The van der Waals surface area contributed by atoms with Gasteiger partial charge < -0.3 is 23.7 Å². The average Bonchev–Trinajstić information content (AvgIpc) is 2.56. The van der Waals surface area contributed by atoms with Crippen LogP contribution in [0.4, 0.5) is 4.79 Å². The first-order valence-electron chi connectivity index (χ1n) is 7.74. The van der Waals surface area contributed by atoms with Gasteiger partial charge in [-0.25, -0.2) is 4.79 Å². The number of esters is 1. The molecule has 2 aliphatic heterocycles. The van der Waals surface area contributed by atoms with E-state index in [2.05, 4.69) is 9.47 Å². The van der Waals surface area contributed by atoms with E-state index < -0.39 is 6.16 Å². The molecule has 2 fully saturated rings. The van der Waals surface area contributed by atoms with E-state index in [1.807, 2.05) is 0 Å². The van der Waals surface area contributed by atoms with Crippen molar-refractivity contribution in [1.82, 2.24) is 0 Å². The van der Waals surface area contributed by atoms with Gasteiger partial charge in [-0.15, -0.1) is 0 Å². The Morgan fingerprint density at radius 2 is 1.55 bits per heavy atom. The molecule has 2 saturated heterocycles. The van der Waals surface area contributed by atoms with Gasteiger partial charge in [0.1, 0.15) is 6.10 Å². The average molecular weight is 318 g/mol. The van der Waals surface area contributed by atoms with Gasteiger partial charge in [0.15, 0.2) is 0 Å². The summed E-state index contributed by atoms with van der Waals surface area (Å²) >= 11 is 0. The van der Waals surface area contributed by atoms with E-state index >= 15 is 0 Å². The molecule has 0 radical (unpaired) electrons. The van der Waals surface area contributed by atoms with Crippen molar-refractivity contribution in [3.8, 4) is 0 Å². The highest BCUT2D eigenvalue weighted by Crippen LogP contribution is 2.15. The molecular weight excluding hydrogens is 292 g/mol. The maximum Gasteiger partial charge on any atom is 0.508 e. The van der Waals surface area contributed by atoms with Gasteiger partial charge in [-0.2, -0.15) is 0 Å². The van der Waals surface area contributed by atoms with E-state index in [1.54, 1.807) is 6.92 Å². The van der Waals surface area contributed by atoms with E-state index in [9.17, 15) is 9.59 Å². The highest BCUT2D eigenvalue weighted by molar-refractivity contribution is 5.72. The first kappa shape index (κ1) is 18.7. The van der Waals surface area contributed by atoms with E-state index in [0.29, 0.717) is 33.0 Å². The topological polar surface area (TPSA) is 80.3 Å². The summed E-state index contributed by atoms with van der Waals surface area (Å²) in [6.45, 7) is 4.85. The minimum absolute atomic E-state index is 0.0159. The molecule has 0 aromatic rings. The molecule has 22 heavy (non-hydrogen) atoms. The van der Waals surface area contributed by atoms with Gasteiger partial charge in [-0.05, 0) is 19.8 Å². The van der Waals surface area contributed by atoms with Gasteiger partial charge in [0.05, 0.1) is 32.8 Å². The van der Waals surface area contributed by atoms with Crippen molar-refractivity contribution in [3.05, 3.63) is 0 Å². The molecule has 7 heteroatoms. The molecule has 0 spiro atoms. The van der Waals surface area contributed by atoms with Crippen molar-refractivity contribution in [2.75, 3.05) is 40.1 Å². The second-order valence-electron chi connectivity index (χ2n) is 5.02. The van der Waals surface area contributed by atoms with Crippen LogP contribution in [0.15, 0.2) is 0 Å². The Labute approximate surface area is 131 Å². The Hall–Kier alpha value is -1.34. The number of rotatable bonds is 3. The lowest BCUT2D eigenvalue weighted by molar-refractivity contribution is -0.148. The quantitative estimate of drug-likeness (QED) is 0.735. The third-order valence-electron chi connectivity index (χ3n) is 3.45. The Bertz CT molecular complexity index is 320. The van der Waals surface area contributed by atoms with Gasteiger partial charge in [0.2, 0.25) is 0 Å². The van der Waals surface area contributed by atoms with Crippen LogP contribution in [0.25, 0.3) is 0 Å². The maximum absolute atomic E-state index is 10.9. The summed E-state index contributed by atoms with van der Waals surface area (Å²) < 4.78 is 24.4. The fraction of sp³-hybridized carbons (Fsp3) is 0.867. The van der Waals surface area contributed by atoms with Crippen LogP contribution in [0.3, 0.4) is 0 Å². The van der Waals surface area contributed by atoms with Gasteiger partial charge >= 0.3 is 12.1 Å². The monoisotopic (exact) mass is 318 g/mol. The molecule has 0 bridgehead atoms. The molecule has 0 aliphatic carbocycles. The predicted octanol–water partition coefficient (Wildman–Crippen LogP) is 1.92. The van der Waals surface area contributed by atoms with Gasteiger partial charge in [0.25, 0.3) is 0 Å². The van der Waals surface area contributed by atoms with Crippen LogP contribution in [0.5, 0.6) is 0 Å². The molecule has 7 nitrogen and oxygen atoms in total. The number of hydrogen-bond acceptors (Lipinski definition) is 7. The number of ether oxygens (including phenoxy) is 5. The van der Waals surface area contributed by atoms with E-state index in [1.165, 1.54) is 7.11 Å². The van der Waals surface area contributed by atoms with Crippen LogP contribution in [0.1, 0.15) is 32.6 Å². The number of carbonyl (C=O) groups is 2. The fourth-order valence-electron chi connectivity index (χ4n) is 2.18. The van der Waals surface area contributed by atoms with Crippen molar-refractivity contribution < 1.29 is 33.3 Å². The van der Waals surface area contributed by atoms with Crippen molar-refractivity contribution in [2.24, 2.45) is 5.92 Å². The van der Waals surface area contributed by atoms with Crippen LogP contribution in [-0.4, -0.2) is 58.4 Å². The predicted molar refractivity (Wildman–Crippen MR) is 77.5 cm³/mol. The van der Waals surface area contributed by atoms with Crippen molar-refractivity contribution in [1.29, 1.82) is 0 Å². The van der Waals surface area contributed by atoms with Gasteiger partial charge in [-0.3, -0.25) is 4.79 Å². The molecule has 0 N–H and O–H groups in total. The standard InChI is InChI=1S/C8H14O4.C7H12O3/c1-2-11-8(9)12-7-3-5-10-6-4-7;1-9-7(8)6-2-4-10-5-3-6/h7H,2-6H2,1H3;6H,2-5H2,1H3. The first-order chi connectivity index (χ1) is 10.7. The molecule has 2 aliphatic rings. The molecule has 2 heterocycles. The molecular formula is C15H26O7. The van der Waals surface area contributed by atoms with Crippen LogP contribution in [-0.2, 0) is 28.5 Å². The maximum atomic E-state index is 10.9. The Morgan fingerprint density at radius 1 is 1.00 bits per heavy atom. The lowest BCUT2D eigenvalue weighted by atomic mass is 10.0. The lowest BCUT2D eigenvalue weighted by Crippen LogP contribution is -2.26. The van der Waals surface area contributed by atoms with E-state index in [0.717, 1.165) is 25.7 Å². The van der Waals surface area contributed by atoms with Gasteiger partial charge in [-0.1, -0.05) is 0 Å². The summed E-state index contributed by atoms with van der Waals surface area (Å²) in [5.74, 6) is -0.0120. The van der Waals surface area contributed by atoms with Gasteiger partial charge in [0, 0.05) is 26.1 Å². The molecule has 0 saturated carbocycles. The van der Waals surface area contributed by atoms with E-state index in [4.69, 9.17) is 14.2 Å². The Morgan fingerprint density at radius 3 is 2.05 bits per heavy atom. The zero-order valence-electron chi connectivity index (χ0n) is 13.4. The van der Waals surface area contributed by atoms with E-state index in [-0.39, 0.29) is 18.0 Å². The number of hydrogen-bond donors (Lipinski definition) is 0. The highest BCUT2D eigenvalue weighted by Gasteiger charge is 2.21. The minimum atomic E-state index is -0.565. The second-order valence-corrected chi connectivity index (χ2v) is 5.02. The third kappa shape index (κ3) is 7.61. The van der Waals surface area contributed by atoms with Crippen LogP contribution < -0.4 is 0 Å². The normalized spacial score (nSPS) is 19.5. The molecule has 0 aromatic carbocycles. The fourth-order valence-corrected chi connectivity index (χ4v) is 2.18. The SMILES string of the molecule is CCOC(=O)OC1CCOCC1.COC(=O)C1CCOCC1. The zero-order valence-corrected chi connectivity index (χ0v) is 13.4. The van der Waals surface area contributed by atoms with Crippen molar-refractivity contribution >= 4 is 12.1 Å². The Kier molecular flexibility index (Phi) is 9.57. The van der Waals surface area contributed by atoms with Crippen LogP contribution in [0, 0.1) is 5.92 Å². The highest BCUT2D eigenvalue weighted by atomic mass is 16.7. The van der Waals surface area contributed by atoms with Crippen molar-refractivity contribution in [3.63, 3.8) is 0 Å². The molecule has 0 aromatic heterocycles. The number of methoxy groups -OCH3 is 1. The van der Waals surface area contributed by atoms with Crippen LogP contribution >= 0.6 is 0 Å². The van der Waals surface area contributed by atoms with Crippen LogP contribution in [0.2, 0.25) is 0 Å². The summed E-state index contributed by atoms with van der Waals surface area (Å²) in [4.78, 5) is 21.7. The smallest absolute Gasteiger partial charge is 0.469 e. The molecule has 2 rings (SSSR count). The summed E-state index contributed by atoms with van der Waals surface area (Å²) in [5.41, 5.74) is 0. The largest absolute Gasteiger partial charge is 0.508 e. The summed E-state index contributed by atoms with van der Waals surface area (Å²) in [5, 5.41) is 0.